The summed E-state index contributed by atoms with van der Waals surface area (Å²) in [6.45, 7) is 3.40. The zero-order valence-corrected chi connectivity index (χ0v) is 13.6. The second kappa shape index (κ2) is 7.45. The zero-order chi connectivity index (χ0) is 17.7. The van der Waals surface area contributed by atoms with Crippen LogP contribution in [0.25, 0.3) is 0 Å². The summed E-state index contributed by atoms with van der Waals surface area (Å²) in [5, 5.41) is 13.0. The maximum Gasteiger partial charge on any atom is 0.307 e. The Morgan fingerprint density at radius 2 is 2.08 bits per heavy atom. The van der Waals surface area contributed by atoms with Gasteiger partial charge >= 0.3 is 5.97 Å². The Labute approximate surface area is 138 Å². The third-order valence-electron chi connectivity index (χ3n) is 3.47. The molecule has 0 spiro atoms. The first-order chi connectivity index (χ1) is 11.4. The Morgan fingerprint density at radius 3 is 2.67 bits per heavy atom. The molecule has 0 saturated carbocycles. The van der Waals surface area contributed by atoms with Gasteiger partial charge in [-0.15, -0.1) is 0 Å². The largest absolute Gasteiger partial charge is 0.496 e. The van der Waals surface area contributed by atoms with Crippen LogP contribution >= 0.6 is 0 Å². The van der Waals surface area contributed by atoms with Crippen molar-refractivity contribution in [2.75, 3.05) is 7.11 Å². The van der Waals surface area contributed by atoms with Crippen LogP contribution in [0, 0.1) is 6.92 Å². The number of nitrogens with one attached hydrogen (secondary N) is 1. The number of hydrogen-bond donors (Lipinski definition) is 2. The molecule has 0 fully saturated rings. The standard InChI is InChI=1S/C17H18N2O5/c1-10(18-19-17(22)14-6-7-24-11(14)2)12-4-5-15(23-3)13(8-12)9-16(20)21/h4-8H,9H2,1-3H3,(H,19,22)(H,20,21)/b18-10-. The van der Waals surface area contributed by atoms with Crippen LogP contribution in [0.3, 0.4) is 0 Å². The van der Waals surface area contributed by atoms with E-state index in [1.54, 1.807) is 38.1 Å². The lowest BCUT2D eigenvalue weighted by Gasteiger charge is -2.09. The molecule has 0 aliphatic heterocycles. The number of carbonyl (C=O) groups is 2. The SMILES string of the molecule is COc1ccc(/C(C)=N\NC(=O)c2ccoc2C)cc1CC(=O)O. The van der Waals surface area contributed by atoms with E-state index in [1.807, 2.05) is 0 Å². The molecule has 1 aromatic carbocycles. The first kappa shape index (κ1) is 17.3. The number of furan rings is 1. The van der Waals surface area contributed by atoms with E-state index < -0.39 is 5.97 Å². The molecule has 1 amide bonds. The number of nitrogens with zero attached hydrogens (tertiary/aromatic N) is 1. The van der Waals surface area contributed by atoms with E-state index >= 15 is 0 Å². The highest BCUT2D eigenvalue weighted by molar-refractivity contribution is 6.01. The minimum atomic E-state index is -0.955. The van der Waals surface area contributed by atoms with Crippen LogP contribution in [0.5, 0.6) is 5.75 Å². The van der Waals surface area contributed by atoms with Crippen molar-refractivity contribution >= 4 is 17.6 Å². The highest BCUT2D eigenvalue weighted by atomic mass is 16.5. The van der Waals surface area contributed by atoms with E-state index in [-0.39, 0.29) is 12.3 Å². The number of hydrogen-bond acceptors (Lipinski definition) is 5. The first-order valence-electron chi connectivity index (χ1n) is 7.20. The summed E-state index contributed by atoms with van der Waals surface area (Å²) in [5.74, 6) is -0.329. The van der Waals surface area contributed by atoms with Gasteiger partial charge in [-0.05, 0) is 43.7 Å². The predicted octanol–water partition coefficient (Wildman–Crippen LogP) is 2.38. The maximum atomic E-state index is 12.0. The van der Waals surface area contributed by atoms with Crippen molar-refractivity contribution in [1.82, 2.24) is 5.43 Å². The van der Waals surface area contributed by atoms with E-state index in [4.69, 9.17) is 14.3 Å². The smallest absolute Gasteiger partial charge is 0.307 e. The molecule has 0 radical (unpaired) electrons. The van der Waals surface area contributed by atoms with Crippen molar-refractivity contribution in [2.45, 2.75) is 20.3 Å². The van der Waals surface area contributed by atoms with Crippen LogP contribution < -0.4 is 10.2 Å². The van der Waals surface area contributed by atoms with Crippen LogP contribution in [0.2, 0.25) is 0 Å². The molecule has 2 aromatic rings. The summed E-state index contributed by atoms with van der Waals surface area (Å²) in [7, 11) is 1.48. The van der Waals surface area contributed by atoms with E-state index in [1.165, 1.54) is 13.4 Å². The van der Waals surface area contributed by atoms with Crippen LogP contribution in [0.4, 0.5) is 0 Å². The number of carboxylic acid groups (broad SMARTS) is 1. The predicted molar refractivity (Wildman–Crippen MR) is 87.5 cm³/mol. The highest BCUT2D eigenvalue weighted by Gasteiger charge is 2.12. The number of aryl methyl sites for hydroxylation is 1. The monoisotopic (exact) mass is 330 g/mol. The second-order valence-electron chi connectivity index (χ2n) is 5.13. The molecule has 24 heavy (non-hydrogen) atoms. The fraction of sp³-hybridized carbons (Fsp3) is 0.235. The van der Waals surface area contributed by atoms with Gasteiger partial charge in [0.2, 0.25) is 0 Å². The minimum absolute atomic E-state index is 0.162. The van der Waals surface area contributed by atoms with Gasteiger partial charge < -0.3 is 14.3 Å². The molecular weight excluding hydrogens is 312 g/mol. The van der Waals surface area contributed by atoms with Crippen molar-refractivity contribution in [3.8, 4) is 5.75 Å². The van der Waals surface area contributed by atoms with Gasteiger partial charge in [0.1, 0.15) is 11.5 Å². The van der Waals surface area contributed by atoms with Gasteiger partial charge in [0.05, 0.1) is 31.1 Å². The fourth-order valence-electron chi connectivity index (χ4n) is 2.18. The summed E-state index contributed by atoms with van der Waals surface area (Å²) in [4.78, 5) is 22.9. The van der Waals surface area contributed by atoms with Gasteiger partial charge in [-0.25, -0.2) is 5.43 Å². The van der Waals surface area contributed by atoms with Gasteiger partial charge in [-0.1, -0.05) is 0 Å². The third-order valence-corrected chi connectivity index (χ3v) is 3.47. The van der Waals surface area contributed by atoms with E-state index in [0.717, 1.165) is 0 Å². The number of methoxy groups -OCH3 is 1. The highest BCUT2D eigenvalue weighted by Crippen LogP contribution is 2.21. The van der Waals surface area contributed by atoms with E-state index in [9.17, 15) is 9.59 Å². The van der Waals surface area contributed by atoms with Crippen molar-refractivity contribution in [3.63, 3.8) is 0 Å². The third kappa shape index (κ3) is 4.01. The number of ether oxygens (including phenoxy) is 1. The lowest BCUT2D eigenvalue weighted by atomic mass is 10.0. The summed E-state index contributed by atoms with van der Waals surface area (Å²) in [6.07, 6.45) is 1.27. The lowest BCUT2D eigenvalue weighted by Crippen LogP contribution is -2.19. The van der Waals surface area contributed by atoms with Gasteiger partial charge in [0.25, 0.3) is 5.91 Å². The summed E-state index contributed by atoms with van der Waals surface area (Å²) < 4.78 is 10.2. The number of carbonyl (C=O) groups excluding carboxylic acids is 1. The Kier molecular flexibility index (Phi) is 5.36. The van der Waals surface area contributed by atoms with E-state index in [2.05, 4.69) is 10.5 Å². The molecule has 0 aliphatic carbocycles. The molecule has 1 heterocycles. The number of aliphatic carboxylic acids is 1. The number of rotatable bonds is 6. The fourth-order valence-corrected chi connectivity index (χ4v) is 2.18. The summed E-state index contributed by atoms with van der Waals surface area (Å²) >= 11 is 0. The van der Waals surface area contributed by atoms with Crippen molar-refractivity contribution in [2.24, 2.45) is 5.10 Å². The average molecular weight is 330 g/mol. The topological polar surface area (TPSA) is 101 Å². The Bertz CT molecular complexity index is 792. The molecule has 2 N–H and O–H groups in total. The van der Waals surface area contributed by atoms with Crippen molar-refractivity contribution in [3.05, 3.63) is 53.0 Å². The molecule has 0 saturated heterocycles. The molecular formula is C17H18N2O5. The van der Waals surface area contributed by atoms with Gasteiger partial charge in [-0.2, -0.15) is 5.10 Å². The molecule has 126 valence electrons. The maximum absolute atomic E-state index is 12.0. The number of benzene rings is 1. The van der Waals surface area contributed by atoms with Crippen molar-refractivity contribution in [1.29, 1.82) is 0 Å². The number of hydrazone groups is 1. The molecule has 7 heteroatoms. The molecule has 1 aromatic heterocycles. The molecule has 0 unspecified atom stereocenters. The second-order valence-corrected chi connectivity index (χ2v) is 5.13. The minimum Gasteiger partial charge on any atom is -0.496 e. The van der Waals surface area contributed by atoms with Crippen molar-refractivity contribution < 1.29 is 23.8 Å². The van der Waals surface area contributed by atoms with Gasteiger partial charge in [-0.3, -0.25) is 9.59 Å². The molecule has 0 atom stereocenters. The Balaban J connectivity index is 2.19. The van der Waals surface area contributed by atoms with Crippen LogP contribution in [0.15, 0.2) is 40.0 Å². The van der Waals surface area contributed by atoms with E-state index in [0.29, 0.717) is 33.9 Å². The summed E-state index contributed by atoms with van der Waals surface area (Å²) in [5.41, 5.74) is 4.63. The van der Waals surface area contributed by atoms with Crippen LogP contribution in [0.1, 0.15) is 34.2 Å². The quantitative estimate of drug-likeness (QED) is 0.625. The lowest BCUT2D eigenvalue weighted by molar-refractivity contribution is -0.136. The Hall–Kier alpha value is -3.09. The molecule has 0 bridgehead atoms. The zero-order valence-electron chi connectivity index (χ0n) is 13.6. The summed E-state index contributed by atoms with van der Waals surface area (Å²) in [6, 6.07) is 6.67. The normalized spacial score (nSPS) is 11.2. The van der Waals surface area contributed by atoms with Gasteiger partial charge in [0, 0.05) is 5.56 Å². The molecule has 7 nitrogen and oxygen atoms in total. The molecule has 2 rings (SSSR count). The Morgan fingerprint density at radius 1 is 1.33 bits per heavy atom. The van der Waals surface area contributed by atoms with Crippen LogP contribution in [-0.2, 0) is 11.2 Å². The van der Waals surface area contributed by atoms with Crippen LogP contribution in [-0.4, -0.2) is 29.8 Å². The number of amides is 1. The average Bonchev–Trinajstić information content (AvgIpc) is 2.97. The molecule has 0 aliphatic rings. The van der Waals surface area contributed by atoms with Gasteiger partial charge in [0.15, 0.2) is 0 Å². The number of carboxylic acids is 1. The first-order valence-corrected chi connectivity index (χ1v) is 7.20.